The summed E-state index contributed by atoms with van der Waals surface area (Å²) in [4.78, 5) is 33.6. The molecule has 0 atom stereocenters. The van der Waals surface area contributed by atoms with E-state index < -0.39 is 10.9 Å². The van der Waals surface area contributed by atoms with Crippen LogP contribution in [0.15, 0.2) is 18.2 Å². The van der Waals surface area contributed by atoms with Crippen LogP contribution in [0.2, 0.25) is 0 Å². The topological polar surface area (TPSA) is 95.7 Å². The molecule has 7 heteroatoms. The molecule has 138 valence electrons. The van der Waals surface area contributed by atoms with E-state index in [1.807, 2.05) is 0 Å². The van der Waals surface area contributed by atoms with Gasteiger partial charge in [0, 0.05) is 24.5 Å². The van der Waals surface area contributed by atoms with Gasteiger partial charge in [-0.3, -0.25) is 19.7 Å². The van der Waals surface area contributed by atoms with E-state index in [2.05, 4.69) is 6.92 Å². The number of esters is 2. The van der Waals surface area contributed by atoms with Gasteiger partial charge in [0.05, 0.1) is 11.5 Å². The van der Waals surface area contributed by atoms with Crippen molar-refractivity contribution < 1.29 is 24.0 Å². The molecule has 0 aliphatic heterocycles. The highest BCUT2D eigenvalue weighted by Gasteiger charge is 2.12. The van der Waals surface area contributed by atoms with E-state index in [0.717, 1.165) is 19.3 Å². The minimum Gasteiger partial charge on any atom is -0.466 e. The number of aryl methyl sites for hydroxylation is 1. The Morgan fingerprint density at radius 2 is 1.76 bits per heavy atom. The van der Waals surface area contributed by atoms with Crippen LogP contribution >= 0.6 is 0 Å². The second kappa shape index (κ2) is 11.2. The Labute approximate surface area is 147 Å². The van der Waals surface area contributed by atoms with E-state index in [-0.39, 0.29) is 31.1 Å². The SMILES string of the molecule is CCCCCOC(=O)CCCC(=O)OCc1ccc(C)c([N+](=O)[O-])c1. The number of nitrogens with zero attached hydrogens (tertiary/aromatic N) is 1. The van der Waals surface area contributed by atoms with Gasteiger partial charge in [-0.1, -0.05) is 31.9 Å². The maximum Gasteiger partial charge on any atom is 0.306 e. The van der Waals surface area contributed by atoms with Gasteiger partial charge in [0.1, 0.15) is 6.61 Å². The van der Waals surface area contributed by atoms with Crippen LogP contribution in [0.4, 0.5) is 5.69 Å². The average molecular weight is 351 g/mol. The van der Waals surface area contributed by atoms with Crippen LogP contribution < -0.4 is 0 Å². The van der Waals surface area contributed by atoms with Gasteiger partial charge in [-0.2, -0.15) is 0 Å². The molecule has 0 saturated heterocycles. The minimum atomic E-state index is -0.465. The normalized spacial score (nSPS) is 10.3. The lowest BCUT2D eigenvalue weighted by molar-refractivity contribution is -0.385. The summed E-state index contributed by atoms with van der Waals surface area (Å²) in [5.41, 5.74) is 1.11. The number of benzene rings is 1. The molecule has 1 rings (SSSR count). The molecule has 0 N–H and O–H groups in total. The number of carbonyl (C=O) groups excluding carboxylic acids is 2. The monoisotopic (exact) mass is 351 g/mol. The van der Waals surface area contributed by atoms with Gasteiger partial charge in [-0.05, 0) is 25.3 Å². The summed E-state index contributed by atoms with van der Waals surface area (Å²) < 4.78 is 10.1. The third kappa shape index (κ3) is 8.28. The Bertz CT molecular complexity index is 599. The van der Waals surface area contributed by atoms with E-state index >= 15 is 0 Å². The van der Waals surface area contributed by atoms with Crippen molar-refractivity contribution in [3.8, 4) is 0 Å². The average Bonchev–Trinajstić information content (AvgIpc) is 2.57. The van der Waals surface area contributed by atoms with Crippen LogP contribution in [0.1, 0.15) is 56.6 Å². The largest absolute Gasteiger partial charge is 0.466 e. The van der Waals surface area contributed by atoms with Crippen molar-refractivity contribution in [2.24, 2.45) is 0 Å². The highest BCUT2D eigenvalue weighted by molar-refractivity contribution is 5.72. The van der Waals surface area contributed by atoms with Crippen molar-refractivity contribution in [3.63, 3.8) is 0 Å². The molecule has 0 aromatic heterocycles. The van der Waals surface area contributed by atoms with Crippen molar-refractivity contribution in [2.45, 2.75) is 59.0 Å². The van der Waals surface area contributed by atoms with Gasteiger partial charge in [-0.15, -0.1) is 0 Å². The summed E-state index contributed by atoms with van der Waals surface area (Å²) in [7, 11) is 0. The fraction of sp³-hybridized carbons (Fsp3) is 0.556. The Morgan fingerprint density at radius 1 is 1.08 bits per heavy atom. The Balaban J connectivity index is 2.26. The second-order valence-corrected chi connectivity index (χ2v) is 5.82. The van der Waals surface area contributed by atoms with Crippen molar-refractivity contribution in [3.05, 3.63) is 39.4 Å². The Hall–Kier alpha value is -2.44. The Morgan fingerprint density at radius 3 is 2.40 bits per heavy atom. The zero-order valence-corrected chi connectivity index (χ0v) is 14.8. The van der Waals surface area contributed by atoms with Gasteiger partial charge in [0.15, 0.2) is 0 Å². The van der Waals surface area contributed by atoms with Crippen molar-refractivity contribution in [1.82, 2.24) is 0 Å². The molecule has 7 nitrogen and oxygen atoms in total. The zero-order chi connectivity index (χ0) is 18.7. The first-order valence-electron chi connectivity index (χ1n) is 8.49. The van der Waals surface area contributed by atoms with Gasteiger partial charge in [0.2, 0.25) is 0 Å². The van der Waals surface area contributed by atoms with E-state index in [4.69, 9.17) is 9.47 Å². The number of hydrogen-bond donors (Lipinski definition) is 0. The first kappa shape index (κ1) is 20.6. The van der Waals surface area contributed by atoms with Crippen molar-refractivity contribution >= 4 is 17.6 Å². The molecule has 25 heavy (non-hydrogen) atoms. The van der Waals surface area contributed by atoms with Gasteiger partial charge in [-0.25, -0.2) is 0 Å². The highest BCUT2D eigenvalue weighted by atomic mass is 16.6. The molecule has 0 aliphatic carbocycles. The fourth-order valence-electron chi connectivity index (χ4n) is 2.16. The third-order valence-corrected chi connectivity index (χ3v) is 3.64. The number of hydrogen-bond acceptors (Lipinski definition) is 6. The molecule has 0 aliphatic rings. The van der Waals surface area contributed by atoms with E-state index in [9.17, 15) is 19.7 Å². The van der Waals surface area contributed by atoms with Gasteiger partial charge in [0.25, 0.3) is 5.69 Å². The molecule has 0 heterocycles. The molecule has 0 radical (unpaired) electrons. The smallest absolute Gasteiger partial charge is 0.306 e. The van der Waals surface area contributed by atoms with Crippen LogP contribution in [0.3, 0.4) is 0 Å². The molecular formula is C18H25NO6. The quantitative estimate of drug-likeness (QED) is 0.260. The number of rotatable bonds is 11. The summed E-state index contributed by atoms with van der Waals surface area (Å²) in [5.74, 6) is -0.750. The lowest BCUT2D eigenvalue weighted by Crippen LogP contribution is -2.09. The molecule has 1 aromatic carbocycles. The standard InChI is InChI=1S/C18H25NO6/c1-3-4-5-11-24-17(20)7-6-8-18(21)25-13-15-10-9-14(2)16(12-15)19(22)23/h9-10,12H,3-8,11,13H2,1-2H3. The van der Waals surface area contributed by atoms with Gasteiger partial charge >= 0.3 is 11.9 Å². The number of carbonyl (C=O) groups is 2. The maximum absolute atomic E-state index is 11.7. The summed E-state index contributed by atoms with van der Waals surface area (Å²) in [6, 6.07) is 4.70. The predicted molar refractivity (Wildman–Crippen MR) is 92.0 cm³/mol. The second-order valence-electron chi connectivity index (χ2n) is 5.82. The first-order chi connectivity index (χ1) is 11.9. The summed E-state index contributed by atoms with van der Waals surface area (Å²) in [5, 5.41) is 10.9. The molecular weight excluding hydrogens is 326 g/mol. The van der Waals surface area contributed by atoms with Gasteiger partial charge < -0.3 is 9.47 Å². The fourth-order valence-corrected chi connectivity index (χ4v) is 2.16. The third-order valence-electron chi connectivity index (χ3n) is 3.64. The van der Waals surface area contributed by atoms with Crippen LogP contribution in [0, 0.1) is 17.0 Å². The number of nitro benzene ring substituents is 1. The lowest BCUT2D eigenvalue weighted by Gasteiger charge is -2.06. The van der Waals surface area contributed by atoms with E-state index in [0.29, 0.717) is 24.2 Å². The summed E-state index contributed by atoms with van der Waals surface area (Å²) in [6.45, 7) is 4.11. The summed E-state index contributed by atoms with van der Waals surface area (Å²) in [6.07, 6.45) is 3.59. The first-order valence-corrected chi connectivity index (χ1v) is 8.49. The van der Waals surface area contributed by atoms with E-state index in [1.165, 1.54) is 6.07 Å². The highest BCUT2D eigenvalue weighted by Crippen LogP contribution is 2.19. The van der Waals surface area contributed by atoms with Crippen molar-refractivity contribution in [1.29, 1.82) is 0 Å². The van der Waals surface area contributed by atoms with Crippen LogP contribution in [-0.4, -0.2) is 23.5 Å². The molecule has 0 amide bonds. The molecule has 1 aromatic rings. The lowest BCUT2D eigenvalue weighted by atomic mass is 10.1. The minimum absolute atomic E-state index is 0.000586. The molecule has 0 unspecified atom stereocenters. The predicted octanol–water partition coefficient (Wildman–Crippen LogP) is 3.85. The van der Waals surface area contributed by atoms with Crippen LogP contribution in [-0.2, 0) is 25.7 Å². The molecule has 0 bridgehead atoms. The molecule has 0 spiro atoms. The molecule has 0 fully saturated rings. The number of unbranched alkanes of at least 4 members (excludes halogenated alkanes) is 2. The zero-order valence-electron chi connectivity index (χ0n) is 14.8. The Kier molecular flexibility index (Phi) is 9.21. The molecule has 0 saturated carbocycles. The summed E-state index contributed by atoms with van der Waals surface area (Å²) >= 11 is 0. The van der Waals surface area contributed by atoms with E-state index in [1.54, 1.807) is 19.1 Å². The van der Waals surface area contributed by atoms with Crippen LogP contribution in [0.5, 0.6) is 0 Å². The number of ether oxygens (including phenoxy) is 2. The van der Waals surface area contributed by atoms with Crippen LogP contribution in [0.25, 0.3) is 0 Å². The van der Waals surface area contributed by atoms with Crippen molar-refractivity contribution in [2.75, 3.05) is 6.61 Å². The maximum atomic E-state index is 11.7. The number of nitro groups is 1.